The van der Waals surface area contributed by atoms with Gasteiger partial charge in [0, 0.05) is 16.4 Å². The average Bonchev–Trinajstić information content (AvgIpc) is 2.95. The zero-order valence-corrected chi connectivity index (χ0v) is 12.9. The van der Waals surface area contributed by atoms with Crippen LogP contribution in [-0.4, -0.2) is 18.1 Å². The van der Waals surface area contributed by atoms with Crippen LogP contribution in [0.1, 0.15) is 31.2 Å². The van der Waals surface area contributed by atoms with E-state index in [0.29, 0.717) is 0 Å². The first kappa shape index (κ1) is 12.6. The molecule has 1 N–H and O–H groups in total. The van der Waals surface area contributed by atoms with Crippen LogP contribution in [0.25, 0.3) is 10.2 Å². The second kappa shape index (κ2) is 4.91. The van der Waals surface area contributed by atoms with Crippen LogP contribution in [0.5, 0.6) is 0 Å². The lowest BCUT2D eigenvalue weighted by Gasteiger charge is -2.24. The third kappa shape index (κ3) is 2.10. The van der Waals surface area contributed by atoms with Gasteiger partial charge in [0.1, 0.15) is 5.01 Å². The topological polar surface area (TPSA) is 24.9 Å². The molecule has 1 aromatic carbocycles. The van der Waals surface area contributed by atoms with Gasteiger partial charge < -0.3 is 5.32 Å². The van der Waals surface area contributed by atoms with E-state index in [1.807, 2.05) is 11.3 Å². The summed E-state index contributed by atoms with van der Waals surface area (Å²) < 4.78 is 2.41. The number of nitrogens with zero attached hydrogens (tertiary/aromatic N) is 1. The number of halogens is 1. The molecule has 3 rings (SSSR count). The summed E-state index contributed by atoms with van der Waals surface area (Å²) in [4.78, 5) is 4.89. The molecule has 18 heavy (non-hydrogen) atoms. The van der Waals surface area contributed by atoms with E-state index < -0.39 is 0 Å². The molecule has 2 aromatic rings. The van der Waals surface area contributed by atoms with Crippen molar-refractivity contribution in [3.8, 4) is 0 Å². The minimum Gasteiger partial charge on any atom is -0.316 e. The number of thiazole rings is 1. The van der Waals surface area contributed by atoms with E-state index in [-0.39, 0.29) is 5.41 Å². The first-order chi connectivity index (χ1) is 8.73. The third-order valence-electron chi connectivity index (χ3n) is 3.78. The van der Waals surface area contributed by atoms with Crippen LogP contribution in [0, 0.1) is 0 Å². The number of hydrogen-bond donors (Lipinski definition) is 1. The van der Waals surface area contributed by atoms with Crippen LogP contribution in [-0.2, 0) is 5.41 Å². The Morgan fingerprint density at radius 1 is 1.50 bits per heavy atom. The molecule has 1 aromatic heterocycles. The summed E-state index contributed by atoms with van der Waals surface area (Å²) in [6.45, 7) is 4.48. The van der Waals surface area contributed by atoms with Crippen LogP contribution in [0.4, 0.5) is 0 Å². The van der Waals surface area contributed by atoms with Crippen LogP contribution in [0.15, 0.2) is 22.7 Å². The highest BCUT2D eigenvalue weighted by molar-refractivity contribution is 9.10. The number of nitrogens with one attached hydrogen (secondary N) is 1. The van der Waals surface area contributed by atoms with Gasteiger partial charge in [-0.1, -0.05) is 29.3 Å². The Hall–Kier alpha value is -0.450. The second-order valence-electron chi connectivity index (χ2n) is 5.09. The van der Waals surface area contributed by atoms with E-state index in [4.69, 9.17) is 4.98 Å². The number of rotatable bonds is 3. The highest BCUT2D eigenvalue weighted by Gasteiger charge is 2.37. The fourth-order valence-electron chi connectivity index (χ4n) is 2.85. The van der Waals surface area contributed by atoms with Crippen molar-refractivity contribution in [3.05, 3.63) is 27.7 Å². The molecular weight excluding hydrogens is 308 g/mol. The molecule has 96 valence electrons. The molecule has 1 aliphatic heterocycles. The Bertz CT molecular complexity index is 558. The molecule has 0 spiro atoms. The molecule has 2 nitrogen and oxygen atoms in total. The van der Waals surface area contributed by atoms with E-state index in [2.05, 4.69) is 46.4 Å². The third-order valence-corrected chi connectivity index (χ3v) is 5.55. The molecule has 0 amide bonds. The summed E-state index contributed by atoms with van der Waals surface area (Å²) in [6.07, 6.45) is 3.68. The smallest absolute Gasteiger partial charge is 0.101 e. The van der Waals surface area contributed by atoms with Crippen molar-refractivity contribution in [2.24, 2.45) is 0 Å². The molecule has 0 saturated carbocycles. The SMILES string of the molecule is CCCC1(c2nc3cc(Br)ccc3s2)CCNC1. The molecule has 1 aliphatic rings. The predicted molar refractivity (Wildman–Crippen MR) is 81.4 cm³/mol. The Labute approximate surface area is 120 Å². The van der Waals surface area contributed by atoms with Gasteiger partial charge in [0.15, 0.2) is 0 Å². The van der Waals surface area contributed by atoms with E-state index in [1.54, 1.807) is 0 Å². The lowest BCUT2D eigenvalue weighted by molar-refractivity contribution is 0.426. The van der Waals surface area contributed by atoms with Gasteiger partial charge in [0.2, 0.25) is 0 Å². The van der Waals surface area contributed by atoms with Gasteiger partial charge in [-0.05, 0) is 37.6 Å². The maximum Gasteiger partial charge on any atom is 0.101 e. The normalized spacial score (nSPS) is 23.9. The molecule has 2 heterocycles. The highest BCUT2D eigenvalue weighted by atomic mass is 79.9. The van der Waals surface area contributed by atoms with Crippen molar-refractivity contribution in [1.29, 1.82) is 0 Å². The average molecular weight is 325 g/mol. The first-order valence-electron chi connectivity index (χ1n) is 6.51. The van der Waals surface area contributed by atoms with Gasteiger partial charge in [-0.3, -0.25) is 0 Å². The summed E-state index contributed by atoms with van der Waals surface area (Å²) >= 11 is 5.39. The van der Waals surface area contributed by atoms with Crippen molar-refractivity contribution < 1.29 is 0 Å². The van der Waals surface area contributed by atoms with Crippen molar-refractivity contribution in [2.45, 2.75) is 31.6 Å². The number of hydrogen-bond acceptors (Lipinski definition) is 3. The van der Waals surface area contributed by atoms with E-state index >= 15 is 0 Å². The highest BCUT2D eigenvalue weighted by Crippen LogP contribution is 2.39. The Kier molecular flexibility index (Phi) is 3.43. The molecule has 0 aliphatic carbocycles. The van der Waals surface area contributed by atoms with Gasteiger partial charge in [0.25, 0.3) is 0 Å². The molecule has 1 atom stereocenters. The van der Waals surface area contributed by atoms with Gasteiger partial charge in [-0.25, -0.2) is 4.98 Å². The van der Waals surface area contributed by atoms with Crippen molar-refractivity contribution in [2.75, 3.05) is 13.1 Å². The van der Waals surface area contributed by atoms with Gasteiger partial charge in [0.05, 0.1) is 10.2 Å². The maximum absolute atomic E-state index is 4.89. The minimum absolute atomic E-state index is 0.283. The monoisotopic (exact) mass is 324 g/mol. The Morgan fingerprint density at radius 2 is 2.39 bits per heavy atom. The largest absolute Gasteiger partial charge is 0.316 e. The van der Waals surface area contributed by atoms with Gasteiger partial charge in [-0.15, -0.1) is 11.3 Å². The molecule has 1 unspecified atom stereocenters. The summed E-state index contributed by atoms with van der Waals surface area (Å²) in [7, 11) is 0. The maximum atomic E-state index is 4.89. The summed E-state index contributed by atoms with van der Waals surface area (Å²) in [5.74, 6) is 0. The summed E-state index contributed by atoms with van der Waals surface area (Å²) in [5, 5.41) is 4.83. The number of fused-ring (bicyclic) bond motifs is 1. The lowest BCUT2D eigenvalue weighted by atomic mass is 9.83. The molecule has 4 heteroatoms. The zero-order chi connectivity index (χ0) is 12.6. The second-order valence-corrected chi connectivity index (χ2v) is 7.03. The molecular formula is C14H17BrN2S. The molecule has 1 saturated heterocycles. The van der Waals surface area contributed by atoms with E-state index in [0.717, 1.165) is 23.1 Å². The number of aromatic nitrogens is 1. The van der Waals surface area contributed by atoms with Crippen LogP contribution in [0.2, 0.25) is 0 Å². The van der Waals surface area contributed by atoms with E-state index in [1.165, 1.54) is 29.0 Å². The summed E-state index contributed by atoms with van der Waals surface area (Å²) in [5.41, 5.74) is 1.41. The summed E-state index contributed by atoms with van der Waals surface area (Å²) in [6, 6.07) is 6.39. The minimum atomic E-state index is 0.283. The van der Waals surface area contributed by atoms with Gasteiger partial charge in [-0.2, -0.15) is 0 Å². The van der Waals surface area contributed by atoms with Crippen LogP contribution < -0.4 is 5.32 Å². The van der Waals surface area contributed by atoms with Gasteiger partial charge >= 0.3 is 0 Å². The standard InChI is InChI=1S/C14H17BrN2S/c1-2-5-14(6-7-16-9-14)13-17-11-8-10(15)3-4-12(11)18-13/h3-4,8,16H,2,5-7,9H2,1H3. The van der Waals surface area contributed by atoms with Crippen LogP contribution >= 0.6 is 27.3 Å². The quantitative estimate of drug-likeness (QED) is 0.919. The Balaban J connectivity index is 2.06. The fourth-order valence-corrected chi connectivity index (χ4v) is 4.39. The van der Waals surface area contributed by atoms with Crippen molar-refractivity contribution in [1.82, 2.24) is 10.3 Å². The van der Waals surface area contributed by atoms with Crippen molar-refractivity contribution >= 4 is 37.5 Å². The predicted octanol–water partition coefficient (Wildman–Crippen LogP) is 4.09. The zero-order valence-electron chi connectivity index (χ0n) is 10.5. The first-order valence-corrected chi connectivity index (χ1v) is 8.12. The lowest BCUT2D eigenvalue weighted by Crippen LogP contribution is -2.28. The number of benzene rings is 1. The molecule has 0 radical (unpaired) electrons. The van der Waals surface area contributed by atoms with Crippen LogP contribution in [0.3, 0.4) is 0 Å². The molecule has 0 bridgehead atoms. The van der Waals surface area contributed by atoms with Crippen molar-refractivity contribution in [3.63, 3.8) is 0 Å². The molecule has 1 fully saturated rings. The Morgan fingerprint density at radius 3 is 3.11 bits per heavy atom. The fraction of sp³-hybridized carbons (Fsp3) is 0.500. The van der Waals surface area contributed by atoms with E-state index in [9.17, 15) is 0 Å².